The third-order valence-electron chi connectivity index (χ3n) is 11.7. The minimum absolute atomic E-state index is 0.0364. The van der Waals surface area contributed by atoms with Gasteiger partial charge in [0.1, 0.15) is 44.0 Å². The maximum absolute atomic E-state index is 14.8. The second-order valence-corrected chi connectivity index (χ2v) is 16.5. The molecule has 0 saturated carbocycles. The zero-order valence-corrected chi connectivity index (χ0v) is 37.9. The molecule has 17 heteroatoms. The van der Waals surface area contributed by atoms with Crippen LogP contribution >= 0.6 is 0 Å². The van der Waals surface area contributed by atoms with Crippen molar-refractivity contribution < 1.29 is 42.9 Å². The largest absolute Gasteiger partial charge is 0.492 e. The van der Waals surface area contributed by atoms with Gasteiger partial charge in [0.15, 0.2) is 34.7 Å². The molecule has 2 aliphatic rings. The van der Waals surface area contributed by atoms with Crippen LogP contribution in [0.4, 0.5) is 0 Å². The standard InChI is InChI=1S/C49H58N8O9/c1-28-22-40(60)46(57(4)49(62)34(13-15-51)26-39(59)45-29(2)54-47(55-30(45)3)33-9-12-43-44(27-33)66-21-20-65-43)32-8-11-42(64-19-17-53)36(25-32)35-23-31(7-10-41(35)63-18-16-52)24-37(56-48(28)61)38(58)6-5-14-50/h7-12,23,25,27-28,34,37,46H,5-6,13,15-22,24,26,51-53H2,1-4H3,(H,56,61)/t28-,34-,37+,46+/m1/s1. The number of nitriles is 1. The molecular weight excluding hydrogens is 845 g/mol. The topological polar surface area (TPSA) is 265 Å². The average molecular weight is 903 g/mol. The van der Waals surface area contributed by atoms with Gasteiger partial charge in [-0.1, -0.05) is 19.1 Å². The van der Waals surface area contributed by atoms with E-state index < -0.39 is 41.5 Å². The zero-order valence-electron chi connectivity index (χ0n) is 37.9. The lowest BCUT2D eigenvalue weighted by Crippen LogP contribution is -2.46. The predicted octanol–water partition coefficient (Wildman–Crippen LogP) is 4.12. The first kappa shape index (κ1) is 48.7. The third-order valence-corrected chi connectivity index (χ3v) is 11.7. The smallest absolute Gasteiger partial charge is 0.226 e. The molecule has 4 aromatic rings. The van der Waals surface area contributed by atoms with E-state index in [1.165, 1.54) is 11.9 Å². The van der Waals surface area contributed by atoms with Crippen LogP contribution in [0.5, 0.6) is 23.0 Å². The molecule has 348 valence electrons. The minimum atomic E-state index is -1.25. The summed E-state index contributed by atoms with van der Waals surface area (Å²) >= 11 is 0. The SMILES string of the molecule is Cc1nc(-c2ccc3c(c2)OCCO3)nc(C)c1C(=O)C[C@@H](CCN)C(=O)N(C)[C@@H]1C(=O)C[C@@H](C)C(=O)N[C@H](C(=O)CCC#N)Cc2ccc(OCCN)c(c2)-c2cc1ccc2OCCN. The van der Waals surface area contributed by atoms with Gasteiger partial charge in [-0.2, -0.15) is 5.26 Å². The highest BCUT2D eigenvalue weighted by Crippen LogP contribution is 2.41. The Bertz CT molecular complexity index is 2480. The summed E-state index contributed by atoms with van der Waals surface area (Å²) in [5, 5.41) is 12.1. The molecule has 1 aromatic heterocycles. The molecule has 2 amide bonds. The van der Waals surface area contributed by atoms with Crippen molar-refractivity contribution >= 4 is 29.2 Å². The van der Waals surface area contributed by atoms with E-state index in [4.69, 9.17) is 36.1 Å². The number of nitrogens with two attached hydrogens (primary N) is 3. The highest BCUT2D eigenvalue weighted by molar-refractivity contribution is 6.01. The Morgan fingerprint density at radius 1 is 0.879 bits per heavy atom. The van der Waals surface area contributed by atoms with Crippen LogP contribution in [0.2, 0.25) is 0 Å². The first-order chi connectivity index (χ1) is 31.8. The van der Waals surface area contributed by atoms with Crippen LogP contribution in [0.3, 0.4) is 0 Å². The molecule has 4 bridgehead atoms. The van der Waals surface area contributed by atoms with Gasteiger partial charge in [-0.3, -0.25) is 24.0 Å². The number of aromatic nitrogens is 2. The first-order valence-electron chi connectivity index (χ1n) is 22.2. The van der Waals surface area contributed by atoms with Crippen LogP contribution in [-0.4, -0.2) is 103 Å². The molecular formula is C49H58N8O9. The summed E-state index contributed by atoms with van der Waals surface area (Å²) in [6, 6.07) is 15.6. The van der Waals surface area contributed by atoms with Crippen molar-refractivity contribution in [3.8, 4) is 51.6 Å². The summed E-state index contributed by atoms with van der Waals surface area (Å²) in [6.07, 6.45) is -0.465. The highest BCUT2D eigenvalue weighted by Gasteiger charge is 2.36. The van der Waals surface area contributed by atoms with E-state index in [0.29, 0.717) is 81.2 Å². The van der Waals surface area contributed by atoms with E-state index in [1.54, 1.807) is 63.2 Å². The molecule has 17 nitrogen and oxygen atoms in total. The molecule has 0 aliphatic carbocycles. The molecule has 0 saturated heterocycles. The Kier molecular flexibility index (Phi) is 16.6. The summed E-state index contributed by atoms with van der Waals surface area (Å²) in [5.74, 6) is -1.69. The summed E-state index contributed by atoms with van der Waals surface area (Å²) in [4.78, 5) is 81.8. The van der Waals surface area contributed by atoms with E-state index in [-0.39, 0.29) is 88.5 Å². The quantitative estimate of drug-likeness (QED) is 0.109. The number of nitrogens with one attached hydrogen (secondary N) is 1. The van der Waals surface area contributed by atoms with Crippen LogP contribution in [0, 0.1) is 37.0 Å². The number of carbonyl (C=O) groups is 5. The zero-order chi connectivity index (χ0) is 47.5. The van der Waals surface area contributed by atoms with Crippen molar-refractivity contribution in [3.05, 3.63) is 82.7 Å². The maximum atomic E-state index is 14.8. The van der Waals surface area contributed by atoms with Gasteiger partial charge in [-0.05, 0) is 86.8 Å². The second-order valence-electron chi connectivity index (χ2n) is 16.5. The average Bonchev–Trinajstić information content (AvgIpc) is 3.30. The summed E-state index contributed by atoms with van der Waals surface area (Å²) in [5.41, 5.74) is 21.7. The van der Waals surface area contributed by atoms with Crippen LogP contribution in [0.25, 0.3) is 22.5 Å². The molecule has 4 atom stereocenters. The Hall–Kier alpha value is -6.74. The fraction of sp³-hybridized carbons (Fsp3) is 0.429. The normalized spacial score (nSPS) is 17.4. The molecule has 0 fully saturated rings. The van der Waals surface area contributed by atoms with Crippen molar-refractivity contribution in [1.82, 2.24) is 20.2 Å². The molecule has 0 spiro atoms. The minimum Gasteiger partial charge on any atom is -0.492 e. The van der Waals surface area contributed by atoms with E-state index in [9.17, 15) is 29.2 Å². The molecule has 66 heavy (non-hydrogen) atoms. The second kappa shape index (κ2) is 22.4. The van der Waals surface area contributed by atoms with Gasteiger partial charge in [-0.15, -0.1) is 0 Å². The van der Waals surface area contributed by atoms with E-state index in [2.05, 4.69) is 15.3 Å². The number of Topliss-reactive ketones (excluding diaryl/α,β-unsaturated/α-hetero) is 3. The van der Waals surface area contributed by atoms with Crippen LogP contribution in [-0.2, 0) is 25.6 Å². The lowest BCUT2D eigenvalue weighted by atomic mass is 9.88. The molecule has 3 heterocycles. The number of amides is 2. The van der Waals surface area contributed by atoms with Gasteiger partial charge in [0.05, 0.1) is 29.1 Å². The number of fused-ring (bicyclic) bond motifs is 6. The number of benzene rings is 3. The van der Waals surface area contributed by atoms with Crippen molar-refractivity contribution in [2.75, 3.05) is 53.1 Å². The summed E-state index contributed by atoms with van der Waals surface area (Å²) in [6.45, 7) is 6.69. The van der Waals surface area contributed by atoms with Crippen molar-refractivity contribution in [2.45, 2.75) is 71.4 Å². The van der Waals surface area contributed by atoms with Gasteiger partial charge < -0.3 is 46.4 Å². The predicted molar refractivity (Wildman–Crippen MR) is 245 cm³/mol. The maximum Gasteiger partial charge on any atom is 0.226 e. The number of hydrogen-bond donors (Lipinski definition) is 4. The highest BCUT2D eigenvalue weighted by atomic mass is 16.6. The van der Waals surface area contributed by atoms with Crippen molar-refractivity contribution in [2.24, 2.45) is 29.0 Å². The number of ketones is 3. The fourth-order valence-electron chi connectivity index (χ4n) is 8.40. The molecule has 0 unspecified atom stereocenters. The first-order valence-corrected chi connectivity index (χ1v) is 22.2. The lowest BCUT2D eigenvalue weighted by Gasteiger charge is -2.32. The third kappa shape index (κ3) is 11.4. The fourth-order valence-corrected chi connectivity index (χ4v) is 8.40. The van der Waals surface area contributed by atoms with Crippen LogP contribution in [0.1, 0.15) is 77.9 Å². The monoisotopic (exact) mass is 902 g/mol. The Morgan fingerprint density at radius 2 is 1.53 bits per heavy atom. The number of nitrogens with zero attached hydrogens (tertiary/aromatic N) is 4. The molecule has 7 N–H and O–H groups in total. The number of aryl methyl sites for hydroxylation is 2. The van der Waals surface area contributed by atoms with Crippen LogP contribution in [0.15, 0.2) is 54.6 Å². The summed E-state index contributed by atoms with van der Waals surface area (Å²) < 4.78 is 23.6. The Balaban J connectivity index is 1.39. The van der Waals surface area contributed by atoms with E-state index in [1.807, 2.05) is 18.2 Å². The van der Waals surface area contributed by atoms with Gasteiger partial charge in [0.25, 0.3) is 0 Å². The van der Waals surface area contributed by atoms with Crippen molar-refractivity contribution in [3.63, 3.8) is 0 Å². The van der Waals surface area contributed by atoms with Gasteiger partial charge in [0.2, 0.25) is 11.8 Å². The molecule has 2 aliphatic heterocycles. The van der Waals surface area contributed by atoms with Crippen molar-refractivity contribution in [1.29, 1.82) is 5.26 Å². The number of rotatable bonds is 17. The van der Waals surface area contributed by atoms with Gasteiger partial charge >= 0.3 is 0 Å². The summed E-state index contributed by atoms with van der Waals surface area (Å²) in [7, 11) is 1.49. The van der Waals surface area contributed by atoms with Gasteiger partial charge in [-0.25, -0.2) is 9.97 Å². The number of ether oxygens (including phenoxy) is 4. The number of hydrogen-bond acceptors (Lipinski definition) is 15. The Morgan fingerprint density at radius 3 is 2.18 bits per heavy atom. The molecule has 3 aromatic carbocycles. The number of carbonyl (C=O) groups excluding carboxylic acids is 5. The van der Waals surface area contributed by atoms with E-state index in [0.717, 1.165) is 0 Å². The lowest BCUT2D eigenvalue weighted by molar-refractivity contribution is -0.142. The van der Waals surface area contributed by atoms with E-state index >= 15 is 0 Å². The molecule has 0 radical (unpaired) electrons. The number of likely N-dealkylation sites (N-methyl/N-ethyl adjacent to an activating group) is 1. The molecule has 6 rings (SSSR count). The van der Waals surface area contributed by atoms with Crippen LogP contribution < -0.4 is 41.5 Å². The Labute approximate surface area is 384 Å². The van der Waals surface area contributed by atoms with Gasteiger partial charge in [0, 0.05) is 74.3 Å².